The van der Waals surface area contributed by atoms with E-state index < -0.39 is 11.9 Å². The molecule has 0 amide bonds. The van der Waals surface area contributed by atoms with E-state index in [1.807, 2.05) is 0 Å². The lowest BCUT2D eigenvalue weighted by atomic mass is 10.1. The van der Waals surface area contributed by atoms with Gasteiger partial charge in [-0.3, -0.25) is 4.79 Å². The number of thiophene rings is 1. The van der Waals surface area contributed by atoms with E-state index in [1.165, 1.54) is 11.3 Å². The van der Waals surface area contributed by atoms with Crippen molar-refractivity contribution in [2.45, 2.75) is 13.3 Å². The Balaban J connectivity index is 0.000000302. The van der Waals surface area contributed by atoms with Crippen LogP contribution in [0.5, 0.6) is 0 Å². The van der Waals surface area contributed by atoms with Crippen LogP contribution in [0.1, 0.15) is 23.7 Å². The number of carbonyl (C=O) groups is 2. The Morgan fingerprint density at radius 2 is 2.12 bits per heavy atom. The van der Waals surface area contributed by atoms with Crippen LogP contribution in [0.15, 0.2) is 16.8 Å². The number of hydrogen-bond acceptors (Lipinski definition) is 4. The average molecular weight is 260 g/mol. The van der Waals surface area contributed by atoms with Gasteiger partial charge in [0.25, 0.3) is 0 Å². The second kappa shape index (κ2) is 8.72. The summed E-state index contributed by atoms with van der Waals surface area (Å²) in [5.74, 6) is -1.90. The molecule has 0 aromatic carbocycles. The highest BCUT2D eigenvalue weighted by molar-refractivity contribution is 7.08. The first-order chi connectivity index (χ1) is 7.99. The highest BCUT2D eigenvalue weighted by Crippen LogP contribution is 2.04. The molecule has 96 valence electrons. The lowest BCUT2D eigenvalue weighted by Crippen LogP contribution is -2.11. The molecule has 1 atom stereocenters. The van der Waals surface area contributed by atoms with E-state index in [0.717, 1.165) is 0 Å². The quantitative estimate of drug-likeness (QED) is 0.847. The molecule has 1 heterocycles. The van der Waals surface area contributed by atoms with Crippen LogP contribution >= 0.6 is 11.3 Å². The number of hydrogen-bond donors (Lipinski definition) is 2. The van der Waals surface area contributed by atoms with Gasteiger partial charge in [-0.15, -0.1) is 0 Å². The molecule has 0 spiro atoms. The number of aliphatic carboxylic acids is 1. The molecule has 0 aliphatic rings. The monoisotopic (exact) mass is 260 g/mol. The maximum Gasteiger partial charge on any atom is 0.336 e. The topological polar surface area (TPSA) is 83.8 Å². The van der Waals surface area contributed by atoms with E-state index >= 15 is 0 Å². The Hall–Kier alpha value is -1.40. The summed E-state index contributed by atoms with van der Waals surface area (Å²) in [4.78, 5) is 20.2. The van der Waals surface area contributed by atoms with Gasteiger partial charge in [0.15, 0.2) is 0 Å². The molecule has 6 heteroatoms. The maximum absolute atomic E-state index is 10.1. The molecule has 1 unspecified atom stereocenters. The van der Waals surface area contributed by atoms with Crippen LogP contribution in [0, 0.1) is 5.92 Å². The predicted octanol–water partition coefficient (Wildman–Crippen LogP) is 2.19. The Bertz CT molecular complexity index is 334. The van der Waals surface area contributed by atoms with Gasteiger partial charge in [0.2, 0.25) is 0 Å². The molecule has 0 saturated carbocycles. The molecule has 5 nitrogen and oxygen atoms in total. The number of ether oxygens (including phenoxy) is 1. The Kier molecular flexibility index (Phi) is 8.00. The van der Waals surface area contributed by atoms with E-state index in [-0.39, 0.29) is 5.92 Å². The van der Waals surface area contributed by atoms with Crippen molar-refractivity contribution < 1.29 is 24.5 Å². The smallest absolute Gasteiger partial charge is 0.336 e. The SMILES string of the molecule is COCCC(C)C(=O)O.O=C(O)c1ccsc1. The molecule has 0 fully saturated rings. The summed E-state index contributed by atoms with van der Waals surface area (Å²) in [5.41, 5.74) is 0.370. The molecule has 0 saturated heterocycles. The minimum absolute atomic E-state index is 0.287. The third-order valence-corrected chi connectivity index (χ3v) is 2.63. The number of rotatable bonds is 5. The largest absolute Gasteiger partial charge is 0.481 e. The summed E-state index contributed by atoms with van der Waals surface area (Å²) in [6.45, 7) is 2.19. The fraction of sp³-hybridized carbons (Fsp3) is 0.455. The fourth-order valence-corrected chi connectivity index (χ4v) is 1.43. The summed E-state index contributed by atoms with van der Waals surface area (Å²) in [6, 6.07) is 1.58. The van der Waals surface area contributed by atoms with Crippen LogP contribution < -0.4 is 0 Å². The lowest BCUT2D eigenvalue weighted by Gasteiger charge is -2.02. The summed E-state index contributed by atoms with van der Waals surface area (Å²) >= 11 is 1.39. The standard InChI is InChI=1S/C6H12O3.C5H4O2S/c1-5(6(7)8)3-4-9-2;6-5(7)4-1-2-8-3-4/h5H,3-4H2,1-2H3,(H,7,8);1-3H,(H,6,7). The first-order valence-electron chi connectivity index (χ1n) is 4.96. The van der Waals surface area contributed by atoms with Crippen molar-refractivity contribution in [2.75, 3.05) is 13.7 Å². The Morgan fingerprint density at radius 3 is 2.41 bits per heavy atom. The van der Waals surface area contributed by atoms with Crippen LogP contribution in [-0.4, -0.2) is 35.9 Å². The zero-order valence-corrected chi connectivity index (χ0v) is 10.6. The normalized spacial score (nSPS) is 11.2. The van der Waals surface area contributed by atoms with Crippen LogP contribution in [0.3, 0.4) is 0 Å². The summed E-state index contributed by atoms with van der Waals surface area (Å²) in [6.07, 6.45) is 0.589. The zero-order valence-electron chi connectivity index (χ0n) is 9.75. The fourth-order valence-electron chi connectivity index (χ4n) is 0.804. The molecule has 0 radical (unpaired) electrons. The number of aromatic carboxylic acids is 1. The van der Waals surface area contributed by atoms with E-state index in [2.05, 4.69) is 0 Å². The van der Waals surface area contributed by atoms with Gasteiger partial charge in [0, 0.05) is 19.1 Å². The first-order valence-corrected chi connectivity index (χ1v) is 5.90. The van der Waals surface area contributed by atoms with Crippen molar-refractivity contribution in [1.82, 2.24) is 0 Å². The van der Waals surface area contributed by atoms with E-state index in [4.69, 9.17) is 14.9 Å². The highest BCUT2D eigenvalue weighted by Gasteiger charge is 2.08. The number of carboxylic acids is 2. The minimum atomic E-state index is -0.855. The molecule has 1 aromatic heterocycles. The first kappa shape index (κ1) is 15.6. The van der Waals surface area contributed by atoms with Crippen LogP contribution in [-0.2, 0) is 9.53 Å². The van der Waals surface area contributed by atoms with Crippen molar-refractivity contribution in [3.63, 3.8) is 0 Å². The highest BCUT2D eigenvalue weighted by atomic mass is 32.1. The number of methoxy groups -OCH3 is 1. The van der Waals surface area contributed by atoms with Gasteiger partial charge in [0.05, 0.1) is 11.5 Å². The van der Waals surface area contributed by atoms with Gasteiger partial charge < -0.3 is 14.9 Å². The van der Waals surface area contributed by atoms with Gasteiger partial charge in [-0.1, -0.05) is 6.92 Å². The molecule has 1 rings (SSSR count). The molecular weight excluding hydrogens is 244 g/mol. The van der Waals surface area contributed by atoms with E-state index in [0.29, 0.717) is 18.6 Å². The second-order valence-corrected chi connectivity index (χ2v) is 4.12. The second-order valence-electron chi connectivity index (χ2n) is 3.34. The third kappa shape index (κ3) is 7.48. The van der Waals surface area contributed by atoms with Crippen LogP contribution in [0.4, 0.5) is 0 Å². The third-order valence-electron chi connectivity index (χ3n) is 1.94. The van der Waals surface area contributed by atoms with Crippen molar-refractivity contribution in [2.24, 2.45) is 5.92 Å². The van der Waals surface area contributed by atoms with Gasteiger partial charge in [-0.25, -0.2) is 4.79 Å². The predicted molar refractivity (Wildman–Crippen MR) is 64.6 cm³/mol. The van der Waals surface area contributed by atoms with Gasteiger partial charge >= 0.3 is 11.9 Å². The summed E-state index contributed by atoms with van der Waals surface area (Å²) in [7, 11) is 1.56. The molecule has 0 aliphatic heterocycles. The summed E-state index contributed by atoms with van der Waals surface area (Å²) in [5, 5.41) is 20.0. The Morgan fingerprint density at radius 1 is 1.47 bits per heavy atom. The van der Waals surface area contributed by atoms with Crippen LogP contribution in [0.2, 0.25) is 0 Å². The van der Waals surface area contributed by atoms with Crippen molar-refractivity contribution >= 4 is 23.3 Å². The zero-order chi connectivity index (χ0) is 13.3. The van der Waals surface area contributed by atoms with Gasteiger partial charge in [-0.05, 0) is 17.9 Å². The molecular formula is C11H16O5S. The molecule has 2 N–H and O–H groups in total. The number of carboxylic acid groups (broad SMARTS) is 2. The molecule has 1 aromatic rings. The van der Waals surface area contributed by atoms with Crippen molar-refractivity contribution in [3.05, 3.63) is 22.4 Å². The van der Waals surface area contributed by atoms with Crippen LogP contribution in [0.25, 0.3) is 0 Å². The lowest BCUT2D eigenvalue weighted by molar-refractivity contribution is -0.141. The Labute approximate surface area is 104 Å². The van der Waals surface area contributed by atoms with E-state index in [9.17, 15) is 9.59 Å². The minimum Gasteiger partial charge on any atom is -0.481 e. The average Bonchev–Trinajstić information content (AvgIpc) is 2.80. The molecule has 0 aliphatic carbocycles. The van der Waals surface area contributed by atoms with Gasteiger partial charge in [0.1, 0.15) is 0 Å². The van der Waals surface area contributed by atoms with E-state index in [1.54, 1.807) is 30.9 Å². The molecule has 0 bridgehead atoms. The van der Waals surface area contributed by atoms with Gasteiger partial charge in [-0.2, -0.15) is 11.3 Å². The maximum atomic E-state index is 10.1. The van der Waals surface area contributed by atoms with Crippen molar-refractivity contribution in [1.29, 1.82) is 0 Å². The van der Waals surface area contributed by atoms with Crippen molar-refractivity contribution in [3.8, 4) is 0 Å². The summed E-state index contributed by atoms with van der Waals surface area (Å²) < 4.78 is 4.70. The molecule has 17 heavy (non-hydrogen) atoms.